The molecule has 13 heavy (non-hydrogen) atoms. The van der Waals surface area contributed by atoms with Crippen molar-refractivity contribution < 1.29 is 28.8 Å². The molecule has 1 rings (SSSR count). The summed E-state index contributed by atoms with van der Waals surface area (Å²) in [5, 5.41) is 26.6. The summed E-state index contributed by atoms with van der Waals surface area (Å²) in [7, 11) is 0. The average molecular weight is 198 g/mol. The van der Waals surface area contributed by atoms with Crippen LogP contribution in [0.25, 0.3) is 0 Å². The first kappa shape index (κ1) is 10.8. The summed E-state index contributed by atoms with van der Waals surface area (Å²) < 4.78 is 30.6. The molecule has 3 N–H and O–H groups in total. The van der Waals surface area contributed by atoms with Crippen LogP contribution in [0.3, 0.4) is 0 Å². The van der Waals surface area contributed by atoms with E-state index in [4.69, 9.17) is 15.3 Å². The topological polar surface area (TPSA) is 69.9 Å². The maximum absolute atomic E-state index is 13.0. The molecule has 1 saturated heterocycles. The molecule has 0 aromatic heterocycles. The fraction of sp³-hybridized carbons (Fsp3) is 1.00. The number of hydrogen-bond donors (Lipinski definition) is 3. The van der Waals surface area contributed by atoms with E-state index in [1.54, 1.807) is 0 Å². The quantitative estimate of drug-likeness (QED) is 0.512. The molecule has 6 heteroatoms. The molecule has 0 aliphatic carbocycles. The lowest BCUT2D eigenvalue weighted by molar-refractivity contribution is -0.290. The summed E-state index contributed by atoms with van der Waals surface area (Å²) in [5.41, 5.74) is 0. The Kier molecular flexibility index (Phi) is 2.86. The van der Waals surface area contributed by atoms with E-state index in [9.17, 15) is 8.78 Å². The van der Waals surface area contributed by atoms with Gasteiger partial charge in [0.1, 0.15) is 18.3 Å². The van der Waals surface area contributed by atoms with Gasteiger partial charge in [0.05, 0.1) is 12.7 Å². The van der Waals surface area contributed by atoms with Crippen molar-refractivity contribution in [2.45, 2.75) is 37.3 Å². The molecule has 0 spiro atoms. The largest absolute Gasteiger partial charge is 0.393 e. The highest BCUT2D eigenvalue weighted by Crippen LogP contribution is 2.34. The van der Waals surface area contributed by atoms with Gasteiger partial charge in [-0.1, -0.05) is 0 Å². The van der Waals surface area contributed by atoms with E-state index in [0.717, 1.165) is 0 Å². The first-order valence-electron chi connectivity index (χ1n) is 3.91. The lowest BCUT2D eigenvalue weighted by Crippen LogP contribution is -2.61. The number of ether oxygens (including phenoxy) is 1. The van der Waals surface area contributed by atoms with E-state index in [2.05, 4.69) is 4.74 Å². The van der Waals surface area contributed by atoms with Crippen molar-refractivity contribution in [3.05, 3.63) is 0 Å². The molecule has 0 aromatic carbocycles. The van der Waals surface area contributed by atoms with Crippen LogP contribution in [0, 0.1) is 0 Å². The first-order chi connectivity index (χ1) is 5.91. The van der Waals surface area contributed by atoms with Crippen LogP contribution >= 0.6 is 0 Å². The molecule has 0 amide bonds. The Morgan fingerprint density at radius 3 is 2.38 bits per heavy atom. The third-order valence-corrected chi connectivity index (χ3v) is 2.17. The Labute approximate surface area is 73.8 Å². The van der Waals surface area contributed by atoms with Gasteiger partial charge in [-0.25, -0.2) is 8.78 Å². The number of aliphatic hydroxyl groups is 3. The van der Waals surface area contributed by atoms with Crippen molar-refractivity contribution in [3.63, 3.8) is 0 Å². The maximum atomic E-state index is 13.0. The van der Waals surface area contributed by atoms with Crippen molar-refractivity contribution in [2.75, 3.05) is 6.61 Å². The van der Waals surface area contributed by atoms with Crippen LogP contribution in [0.5, 0.6) is 0 Å². The minimum Gasteiger partial charge on any atom is -0.393 e. The summed E-state index contributed by atoms with van der Waals surface area (Å²) in [5.74, 6) is -3.61. The number of aliphatic hydroxyl groups excluding tert-OH is 3. The zero-order chi connectivity index (χ0) is 10.2. The Balaban J connectivity index is 2.82. The number of rotatable bonds is 1. The molecule has 0 radical (unpaired) electrons. The van der Waals surface area contributed by atoms with E-state index >= 15 is 0 Å². The lowest BCUT2D eigenvalue weighted by Gasteiger charge is -2.40. The van der Waals surface area contributed by atoms with Gasteiger partial charge in [-0.05, 0) is 6.92 Å². The van der Waals surface area contributed by atoms with Crippen LogP contribution in [-0.2, 0) is 4.74 Å². The van der Waals surface area contributed by atoms with Crippen molar-refractivity contribution in [2.24, 2.45) is 0 Å². The molecule has 0 aromatic rings. The Morgan fingerprint density at radius 2 is 1.92 bits per heavy atom. The van der Waals surface area contributed by atoms with Gasteiger partial charge in [0.15, 0.2) is 0 Å². The fourth-order valence-corrected chi connectivity index (χ4v) is 1.27. The maximum Gasteiger partial charge on any atom is 0.303 e. The van der Waals surface area contributed by atoms with E-state index in [0.29, 0.717) is 0 Å². The van der Waals surface area contributed by atoms with Crippen molar-refractivity contribution >= 4 is 0 Å². The number of alkyl halides is 2. The molecule has 0 bridgehead atoms. The van der Waals surface area contributed by atoms with Crippen LogP contribution in [-0.4, -0.2) is 52.3 Å². The first-order valence-corrected chi connectivity index (χ1v) is 3.91. The van der Waals surface area contributed by atoms with Gasteiger partial charge in [-0.2, -0.15) is 0 Å². The van der Waals surface area contributed by atoms with E-state index in [1.165, 1.54) is 6.92 Å². The molecule has 4 nitrogen and oxygen atoms in total. The Morgan fingerprint density at radius 1 is 1.38 bits per heavy atom. The van der Waals surface area contributed by atoms with Crippen LogP contribution < -0.4 is 0 Å². The van der Waals surface area contributed by atoms with Crippen LogP contribution in [0.4, 0.5) is 8.78 Å². The normalized spacial score (nSPS) is 44.8. The highest BCUT2D eigenvalue weighted by Gasteiger charge is 2.56. The second kappa shape index (κ2) is 3.45. The van der Waals surface area contributed by atoms with Gasteiger partial charge in [0, 0.05) is 0 Å². The summed E-state index contributed by atoms with van der Waals surface area (Å²) in [6, 6.07) is 0. The molecule has 0 saturated carbocycles. The van der Waals surface area contributed by atoms with E-state index in [-0.39, 0.29) is 0 Å². The Hall–Kier alpha value is -0.300. The number of halogens is 2. The molecule has 4 atom stereocenters. The predicted molar refractivity (Wildman–Crippen MR) is 38.4 cm³/mol. The molecule has 0 unspecified atom stereocenters. The SMILES string of the molecule is C[C@@H]1O[C@H](CO)C(F)(F)[C@H](O)[C@H]1O. The smallest absolute Gasteiger partial charge is 0.303 e. The summed E-state index contributed by atoms with van der Waals surface area (Å²) in [6.07, 6.45) is -6.47. The molecular formula is C7H12F2O4. The highest BCUT2D eigenvalue weighted by molar-refractivity contribution is 4.96. The van der Waals surface area contributed by atoms with Gasteiger partial charge in [-0.3, -0.25) is 0 Å². The molecule has 1 heterocycles. The molecule has 1 aliphatic heterocycles. The van der Waals surface area contributed by atoms with Gasteiger partial charge in [0.25, 0.3) is 0 Å². The minimum atomic E-state index is -3.61. The summed E-state index contributed by atoms with van der Waals surface area (Å²) in [4.78, 5) is 0. The summed E-state index contributed by atoms with van der Waals surface area (Å²) in [6.45, 7) is 0.465. The van der Waals surface area contributed by atoms with E-state index < -0.39 is 36.9 Å². The third-order valence-electron chi connectivity index (χ3n) is 2.17. The lowest BCUT2D eigenvalue weighted by atomic mass is 9.95. The Bertz CT molecular complexity index is 183. The second-order valence-corrected chi connectivity index (χ2v) is 3.12. The zero-order valence-corrected chi connectivity index (χ0v) is 7.02. The minimum absolute atomic E-state index is 0.888. The zero-order valence-electron chi connectivity index (χ0n) is 7.02. The number of hydrogen-bond acceptors (Lipinski definition) is 4. The van der Waals surface area contributed by atoms with Crippen LogP contribution in [0.2, 0.25) is 0 Å². The third kappa shape index (κ3) is 1.67. The molecular weight excluding hydrogens is 186 g/mol. The van der Waals surface area contributed by atoms with Gasteiger partial charge in [0.2, 0.25) is 0 Å². The molecule has 1 aliphatic rings. The van der Waals surface area contributed by atoms with Gasteiger partial charge in [-0.15, -0.1) is 0 Å². The second-order valence-electron chi connectivity index (χ2n) is 3.12. The van der Waals surface area contributed by atoms with Crippen LogP contribution in [0.15, 0.2) is 0 Å². The average Bonchev–Trinajstić information content (AvgIpc) is 2.08. The fourth-order valence-electron chi connectivity index (χ4n) is 1.27. The van der Waals surface area contributed by atoms with Crippen molar-refractivity contribution in [1.82, 2.24) is 0 Å². The molecule has 1 fully saturated rings. The van der Waals surface area contributed by atoms with Crippen molar-refractivity contribution in [1.29, 1.82) is 0 Å². The predicted octanol–water partition coefficient (Wildman–Crippen LogP) is -0.877. The highest BCUT2D eigenvalue weighted by atomic mass is 19.3. The van der Waals surface area contributed by atoms with E-state index in [1.807, 2.05) is 0 Å². The van der Waals surface area contributed by atoms with Crippen LogP contribution in [0.1, 0.15) is 6.92 Å². The van der Waals surface area contributed by atoms with Crippen molar-refractivity contribution in [3.8, 4) is 0 Å². The standard InChI is InChI=1S/C7H12F2O4/c1-3-5(11)6(12)7(8,9)4(2-10)13-3/h3-6,10-12H,2H2,1H3/t3-,4+,5-,6+/m0/s1. The molecule has 78 valence electrons. The van der Waals surface area contributed by atoms with Gasteiger partial charge < -0.3 is 20.1 Å². The summed E-state index contributed by atoms with van der Waals surface area (Å²) >= 11 is 0. The monoisotopic (exact) mass is 198 g/mol. The van der Waals surface area contributed by atoms with Gasteiger partial charge >= 0.3 is 5.92 Å².